The van der Waals surface area contributed by atoms with E-state index in [0.717, 1.165) is 11.6 Å². The number of halogens is 3. The van der Waals surface area contributed by atoms with E-state index in [1.165, 1.54) is 18.4 Å². The van der Waals surface area contributed by atoms with Crippen LogP contribution in [0.3, 0.4) is 0 Å². The molecule has 0 atom stereocenters. The van der Waals surface area contributed by atoms with Gasteiger partial charge in [-0.1, -0.05) is 30.3 Å². The Labute approximate surface area is 155 Å². The lowest BCUT2D eigenvalue weighted by Gasteiger charge is -2.09. The van der Waals surface area contributed by atoms with E-state index >= 15 is 0 Å². The van der Waals surface area contributed by atoms with Gasteiger partial charge in [0, 0.05) is 6.54 Å². The van der Waals surface area contributed by atoms with Gasteiger partial charge in [0.05, 0.1) is 6.26 Å². The Kier molecular flexibility index (Phi) is 4.30. The standard InChI is InChI=1S/C18H12F3N5O2/c19-18(20,21)14-9-12(13-7-4-8-28-13)23-17-24-15(25-26(14)17)16(27)22-10-11-5-2-1-3-6-11/h1-9H,10H2,(H,22,27). The minimum Gasteiger partial charge on any atom is -0.463 e. The summed E-state index contributed by atoms with van der Waals surface area (Å²) in [6.45, 7) is 0.187. The van der Waals surface area contributed by atoms with Crippen molar-refractivity contribution in [1.82, 2.24) is 24.9 Å². The van der Waals surface area contributed by atoms with Gasteiger partial charge in [0.25, 0.3) is 11.7 Å². The lowest BCUT2D eigenvalue weighted by molar-refractivity contribution is -0.142. The van der Waals surface area contributed by atoms with Crippen LogP contribution in [0, 0.1) is 0 Å². The molecule has 10 heteroatoms. The first kappa shape index (κ1) is 17.7. The first-order valence-electron chi connectivity index (χ1n) is 8.13. The Hall–Kier alpha value is -3.69. The summed E-state index contributed by atoms with van der Waals surface area (Å²) < 4.78 is 46.0. The van der Waals surface area contributed by atoms with Crippen LogP contribution in [-0.4, -0.2) is 25.5 Å². The topological polar surface area (TPSA) is 85.3 Å². The fraction of sp³-hybridized carbons (Fsp3) is 0.111. The molecule has 0 aliphatic heterocycles. The number of furan rings is 1. The highest BCUT2D eigenvalue weighted by atomic mass is 19.4. The molecule has 0 unspecified atom stereocenters. The zero-order chi connectivity index (χ0) is 19.7. The van der Waals surface area contributed by atoms with E-state index in [0.29, 0.717) is 4.52 Å². The summed E-state index contributed by atoms with van der Waals surface area (Å²) in [5.74, 6) is -1.33. The van der Waals surface area contributed by atoms with Crippen LogP contribution in [0.1, 0.15) is 21.9 Å². The fourth-order valence-electron chi connectivity index (χ4n) is 2.57. The average Bonchev–Trinajstić information content (AvgIpc) is 3.34. The van der Waals surface area contributed by atoms with Crippen LogP contribution in [-0.2, 0) is 12.7 Å². The molecule has 28 heavy (non-hydrogen) atoms. The van der Waals surface area contributed by atoms with Crippen molar-refractivity contribution in [3.63, 3.8) is 0 Å². The Morgan fingerprint density at radius 2 is 1.89 bits per heavy atom. The maximum Gasteiger partial charge on any atom is 0.433 e. The number of alkyl halides is 3. The number of carbonyl (C=O) groups is 1. The predicted octanol–water partition coefficient (Wildman–Crippen LogP) is 3.33. The van der Waals surface area contributed by atoms with Crippen molar-refractivity contribution in [3.05, 3.63) is 71.9 Å². The summed E-state index contributed by atoms with van der Waals surface area (Å²) in [5, 5.41) is 6.27. The number of carbonyl (C=O) groups excluding carboxylic acids is 1. The molecule has 0 saturated heterocycles. The third-order valence-electron chi connectivity index (χ3n) is 3.88. The highest BCUT2D eigenvalue weighted by Crippen LogP contribution is 2.31. The zero-order valence-electron chi connectivity index (χ0n) is 14.1. The number of rotatable bonds is 4. The maximum atomic E-state index is 13.5. The Balaban J connectivity index is 1.70. The lowest BCUT2D eigenvalue weighted by Crippen LogP contribution is -2.24. The number of nitrogens with one attached hydrogen (secondary N) is 1. The first-order valence-corrected chi connectivity index (χ1v) is 8.13. The van der Waals surface area contributed by atoms with E-state index < -0.39 is 23.6 Å². The summed E-state index contributed by atoms with van der Waals surface area (Å²) >= 11 is 0. The third-order valence-corrected chi connectivity index (χ3v) is 3.88. The van der Waals surface area contributed by atoms with E-state index in [9.17, 15) is 18.0 Å². The maximum absolute atomic E-state index is 13.5. The second-order valence-corrected chi connectivity index (χ2v) is 5.82. The molecule has 4 aromatic rings. The molecule has 0 bridgehead atoms. The fourth-order valence-corrected chi connectivity index (χ4v) is 2.57. The van der Waals surface area contributed by atoms with Gasteiger partial charge in [-0.2, -0.15) is 22.7 Å². The monoisotopic (exact) mass is 387 g/mol. The molecule has 1 aromatic carbocycles. The molecule has 4 rings (SSSR count). The Morgan fingerprint density at radius 1 is 1.11 bits per heavy atom. The SMILES string of the molecule is O=C(NCc1ccccc1)c1nc2nc(-c3ccco3)cc(C(F)(F)F)n2n1. The van der Waals surface area contributed by atoms with Gasteiger partial charge in [0.15, 0.2) is 11.5 Å². The molecule has 142 valence electrons. The van der Waals surface area contributed by atoms with E-state index in [1.54, 1.807) is 24.3 Å². The first-order chi connectivity index (χ1) is 13.4. The van der Waals surface area contributed by atoms with Gasteiger partial charge < -0.3 is 9.73 Å². The van der Waals surface area contributed by atoms with Crippen molar-refractivity contribution in [3.8, 4) is 11.5 Å². The highest BCUT2D eigenvalue weighted by molar-refractivity contribution is 5.90. The van der Waals surface area contributed by atoms with Gasteiger partial charge in [-0.05, 0) is 23.8 Å². The Morgan fingerprint density at radius 3 is 2.57 bits per heavy atom. The summed E-state index contributed by atoms with van der Waals surface area (Å²) in [4.78, 5) is 20.2. The molecule has 1 amide bonds. The summed E-state index contributed by atoms with van der Waals surface area (Å²) in [6.07, 6.45) is -3.41. The van der Waals surface area contributed by atoms with E-state index in [2.05, 4.69) is 20.4 Å². The smallest absolute Gasteiger partial charge is 0.433 e. The molecule has 0 radical (unpaired) electrons. The number of hydrogen-bond acceptors (Lipinski definition) is 5. The normalized spacial score (nSPS) is 11.7. The van der Waals surface area contributed by atoms with Crippen LogP contribution < -0.4 is 5.32 Å². The van der Waals surface area contributed by atoms with Crippen LogP contribution in [0.5, 0.6) is 0 Å². The van der Waals surface area contributed by atoms with Crippen molar-refractivity contribution in [1.29, 1.82) is 0 Å². The van der Waals surface area contributed by atoms with Crippen LogP contribution >= 0.6 is 0 Å². The van der Waals surface area contributed by atoms with Crippen LogP contribution in [0.4, 0.5) is 13.2 Å². The largest absolute Gasteiger partial charge is 0.463 e. The second-order valence-electron chi connectivity index (χ2n) is 5.82. The van der Waals surface area contributed by atoms with Crippen molar-refractivity contribution in [2.45, 2.75) is 12.7 Å². The molecule has 0 saturated carbocycles. The van der Waals surface area contributed by atoms with Gasteiger partial charge in [0.1, 0.15) is 5.69 Å². The molecule has 1 N–H and O–H groups in total. The minimum atomic E-state index is -4.73. The van der Waals surface area contributed by atoms with Crippen molar-refractivity contribution in [2.75, 3.05) is 0 Å². The second kappa shape index (κ2) is 6.80. The van der Waals surface area contributed by atoms with Gasteiger partial charge in [-0.15, -0.1) is 5.10 Å². The predicted molar refractivity (Wildman–Crippen MR) is 91.1 cm³/mol. The third kappa shape index (κ3) is 3.43. The summed E-state index contributed by atoms with van der Waals surface area (Å²) in [5.41, 5.74) is -0.346. The van der Waals surface area contributed by atoms with Crippen molar-refractivity contribution >= 4 is 11.7 Å². The minimum absolute atomic E-state index is 0.0616. The van der Waals surface area contributed by atoms with Crippen molar-refractivity contribution < 1.29 is 22.4 Å². The van der Waals surface area contributed by atoms with Gasteiger partial charge in [-0.3, -0.25) is 4.79 Å². The molecule has 3 heterocycles. The number of fused-ring (bicyclic) bond motifs is 1. The quantitative estimate of drug-likeness (QED) is 0.581. The molecule has 0 spiro atoms. The summed E-state index contributed by atoms with van der Waals surface area (Å²) in [7, 11) is 0. The van der Waals surface area contributed by atoms with E-state index in [4.69, 9.17) is 4.42 Å². The summed E-state index contributed by atoms with van der Waals surface area (Å²) in [6, 6.07) is 12.8. The van der Waals surface area contributed by atoms with Crippen LogP contribution in [0.25, 0.3) is 17.2 Å². The highest BCUT2D eigenvalue weighted by Gasteiger charge is 2.36. The molecular weight excluding hydrogens is 375 g/mol. The van der Waals surface area contributed by atoms with Gasteiger partial charge in [-0.25, -0.2) is 4.98 Å². The van der Waals surface area contributed by atoms with E-state index in [-0.39, 0.29) is 23.8 Å². The molecule has 0 fully saturated rings. The number of hydrogen-bond donors (Lipinski definition) is 1. The van der Waals surface area contributed by atoms with Gasteiger partial charge >= 0.3 is 6.18 Å². The number of benzene rings is 1. The number of aromatic nitrogens is 4. The number of amides is 1. The molecular formula is C18H12F3N5O2. The molecule has 7 nitrogen and oxygen atoms in total. The molecule has 3 aromatic heterocycles. The lowest BCUT2D eigenvalue weighted by atomic mass is 10.2. The molecule has 0 aliphatic carbocycles. The van der Waals surface area contributed by atoms with Crippen LogP contribution in [0.2, 0.25) is 0 Å². The van der Waals surface area contributed by atoms with Crippen LogP contribution in [0.15, 0.2) is 59.2 Å². The number of nitrogens with zero attached hydrogens (tertiary/aromatic N) is 4. The molecule has 0 aliphatic rings. The zero-order valence-corrected chi connectivity index (χ0v) is 14.1. The van der Waals surface area contributed by atoms with Gasteiger partial charge in [0.2, 0.25) is 5.82 Å². The Bertz CT molecular complexity index is 1120. The van der Waals surface area contributed by atoms with E-state index in [1.807, 2.05) is 6.07 Å². The van der Waals surface area contributed by atoms with Crippen molar-refractivity contribution in [2.24, 2.45) is 0 Å². The average molecular weight is 387 g/mol.